The molecule has 5 rings (SSSR count). The van der Waals surface area contributed by atoms with Crippen molar-refractivity contribution in [3.63, 3.8) is 0 Å². The average Bonchev–Trinajstić information content (AvgIpc) is 3.50. The first-order valence-electron chi connectivity index (χ1n) is 11.4. The Morgan fingerprint density at radius 2 is 2.00 bits per heavy atom. The number of thioether (sulfide) groups is 1. The molecule has 1 aromatic carbocycles. The number of aromatic nitrogens is 3. The first-order chi connectivity index (χ1) is 15.8. The van der Waals surface area contributed by atoms with Crippen molar-refractivity contribution < 1.29 is 13.9 Å². The average molecular weight is 467 g/mol. The topological polar surface area (TPSA) is 73.4 Å². The monoisotopic (exact) mass is 466 g/mol. The number of furan rings is 1. The smallest absolute Gasteiger partial charge is 0.233 e. The van der Waals surface area contributed by atoms with Crippen LogP contribution in [-0.2, 0) is 4.79 Å². The summed E-state index contributed by atoms with van der Waals surface area (Å²) < 4.78 is 12.8. The van der Waals surface area contributed by atoms with Gasteiger partial charge in [-0.3, -0.25) is 9.36 Å². The summed E-state index contributed by atoms with van der Waals surface area (Å²) >= 11 is 1.42. The summed E-state index contributed by atoms with van der Waals surface area (Å²) in [7, 11) is 1.64. The maximum Gasteiger partial charge on any atom is 0.233 e. The number of carbonyl (C=O) groups excluding carboxylic acids is 1. The number of hydrogen-bond donors (Lipinski definition) is 0. The quantitative estimate of drug-likeness (QED) is 0.473. The van der Waals surface area contributed by atoms with Crippen molar-refractivity contribution in [1.82, 2.24) is 19.7 Å². The van der Waals surface area contributed by atoms with Crippen LogP contribution in [0.5, 0.6) is 5.75 Å². The molecule has 1 aliphatic heterocycles. The highest BCUT2D eigenvalue weighted by Crippen LogP contribution is 2.55. The molecule has 1 saturated heterocycles. The fourth-order valence-corrected chi connectivity index (χ4v) is 6.54. The number of methoxy groups -OCH3 is 1. The highest BCUT2D eigenvalue weighted by atomic mass is 32.2. The van der Waals surface area contributed by atoms with Gasteiger partial charge in [-0.15, -0.1) is 10.2 Å². The van der Waals surface area contributed by atoms with Crippen LogP contribution in [0.3, 0.4) is 0 Å². The van der Waals surface area contributed by atoms with Gasteiger partial charge < -0.3 is 14.1 Å². The lowest BCUT2D eigenvalue weighted by Gasteiger charge is -2.40. The Labute approximate surface area is 198 Å². The third-order valence-corrected chi connectivity index (χ3v) is 8.07. The van der Waals surface area contributed by atoms with Crippen molar-refractivity contribution in [3.05, 3.63) is 42.7 Å². The molecule has 2 bridgehead atoms. The zero-order chi connectivity index (χ0) is 23.2. The molecule has 1 aliphatic carbocycles. The molecular weight excluding hydrogens is 436 g/mol. The third-order valence-electron chi connectivity index (χ3n) is 7.15. The van der Waals surface area contributed by atoms with E-state index in [4.69, 9.17) is 9.15 Å². The molecular formula is C25H30N4O3S. The fourth-order valence-electron chi connectivity index (χ4n) is 5.70. The van der Waals surface area contributed by atoms with Gasteiger partial charge in [0.25, 0.3) is 0 Å². The fraction of sp³-hybridized carbons (Fsp3) is 0.480. The molecule has 174 valence electrons. The van der Waals surface area contributed by atoms with E-state index in [-0.39, 0.29) is 11.3 Å². The van der Waals surface area contributed by atoms with E-state index >= 15 is 0 Å². The van der Waals surface area contributed by atoms with Crippen molar-refractivity contribution in [2.75, 3.05) is 19.4 Å². The minimum atomic E-state index is 0.154. The van der Waals surface area contributed by atoms with E-state index in [1.54, 1.807) is 13.4 Å². The van der Waals surface area contributed by atoms with Gasteiger partial charge in [0.2, 0.25) is 11.7 Å². The number of amides is 1. The second-order valence-electron chi connectivity index (χ2n) is 10.1. The molecule has 3 aromatic rings. The maximum absolute atomic E-state index is 13.3. The largest absolute Gasteiger partial charge is 0.497 e. The molecule has 2 fully saturated rings. The van der Waals surface area contributed by atoms with Crippen molar-refractivity contribution in [2.24, 2.45) is 10.8 Å². The predicted molar refractivity (Wildman–Crippen MR) is 128 cm³/mol. The Balaban J connectivity index is 1.39. The minimum absolute atomic E-state index is 0.154. The summed E-state index contributed by atoms with van der Waals surface area (Å²) in [4.78, 5) is 15.4. The SMILES string of the molecule is COc1ccc(-n2c(SCC(=O)N3CCC4(C)CC3C(C)(C)C4)nnc2-c2ccco2)cc1. The van der Waals surface area contributed by atoms with Gasteiger partial charge in [0.15, 0.2) is 10.9 Å². The number of likely N-dealkylation sites (tertiary alicyclic amines) is 1. The lowest BCUT2D eigenvalue weighted by atomic mass is 9.81. The third kappa shape index (κ3) is 4.05. The van der Waals surface area contributed by atoms with Crippen LogP contribution in [0, 0.1) is 10.8 Å². The summed E-state index contributed by atoms with van der Waals surface area (Å²) in [5, 5.41) is 9.45. The molecule has 2 unspecified atom stereocenters. The second-order valence-corrected chi connectivity index (χ2v) is 11.1. The van der Waals surface area contributed by atoms with Gasteiger partial charge in [0, 0.05) is 12.6 Å². The Morgan fingerprint density at radius 1 is 1.21 bits per heavy atom. The lowest BCUT2D eigenvalue weighted by Crippen LogP contribution is -2.49. The van der Waals surface area contributed by atoms with Gasteiger partial charge >= 0.3 is 0 Å². The van der Waals surface area contributed by atoms with E-state index in [1.807, 2.05) is 41.0 Å². The molecule has 2 atom stereocenters. The number of carbonyl (C=O) groups is 1. The van der Waals surface area contributed by atoms with Crippen molar-refractivity contribution in [2.45, 2.75) is 51.2 Å². The van der Waals surface area contributed by atoms with Gasteiger partial charge in [-0.2, -0.15) is 0 Å². The molecule has 1 saturated carbocycles. The van der Waals surface area contributed by atoms with Crippen LogP contribution < -0.4 is 4.74 Å². The lowest BCUT2D eigenvalue weighted by molar-refractivity contribution is -0.133. The molecule has 8 heteroatoms. The predicted octanol–water partition coefficient (Wildman–Crippen LogP) is 5.06. The molecule has 33 heavy (non-hydrogen) atoms. The zero-order valence-corrected chi connectivity index (χ0v) is 20.4. The van der Waals surface area contributed by atoms with Gasteiger partial charge in [0.05, 0.1) is 24.8 Å². The van der Waals surface area contributed by atoms with E-state index < -0.39 is 0 Å². The van der Waals surface area contributed by atoms with E-state index in [2.05, 4.69) is 35.9 Å². The second kappa shape index (κ2) is 8.24. The van der Waals surface area contributed by atoms with Crippen molar-refractivity contribution in [3.8, 4) is 23.0 Å². The summed E-state index contributed by atoms with van der Waals surface area (Å²) in [6.07, 6.45) is 4.97. The normalized spacial score (nSPS) is 23.6. The highest BCUT2D eigenvalue weighted by Gasteiger charge is 2.53. The van der Waals surface area contributed by atoms with E-state index in [1.165, 1.54) is 18.2 Å². The molecule has 0 N–H and O–H groups in total. The Bertz CT molecular complexity index is 1140. The number of benzene rings is 1. The Kier molecular flexibility index (Phi) is 5.51. The van der Waals surface area contributed by atoms with Crippen LogP contribution in [0.15, 0.2) is 52.2 Å². The molecule has 3 heterocycles. The number of ether oxygens (including phenoxy) is 1. The van der Waals surface area contributed by atoms with Gasteiger partial charge in [-0.25, -0.2) is 0 Å². The minimum Gasteiger partial charge on any atom is -0.497 e. The van der Waals surface area contributed by atoms with Crippen LogP contribution in [0.1, 0.15) is 40.0 Å². The van der Waals surface area contributed by atoms with Crippen LogP contribution in [0.4, 0.5) is 0 Å². The molecule has 0 spiro atoms. The first-order valence-corrected chi connectivity index (χ1v) is 12.3. The standard InChI is InChI=1S/C25H30N4O3S/c1-24(2)16-25(3)11-12-28(20(24)14-25)21(30)15-33-23-27-26-22(19-6-5-13-32-19)29(23)17-7-9-18(31-4)10-8-17/h5-10,13,20H,11-12,14-16H2,1-4H3. The van der Waals surface area contributed by atoms with E-state index in [0.717, 1.165) is 30.8 Å². The number of fused-ring (bicyclic) bond motifs is 2. The zero-order valence-electron chi connectivity index (χ0n) is 19.6. The van der Waals surface area contributed by atoms with Gasteiger partial charge in [0.1, 0.15) is 5.75 Å². The first kappa shape index (κ1) is 22.1. The molecule has 0 radical (unpaired) electrons. The summed E-state index contributed by atoms with van der Waals surface area (Å²) in [5.74, 6) is 2.50. The number of piperidine rings is 1. The molecule has 2 aliphatic rings. The van der Waals surface area contributed by atoms with Crippen LogP contribution in [0.25, 0.3) is 17.3 Å². The maximum atomic E-state index is 13.3. The van der Waals surface area contributed by atoms with E-state index in [0.29, 0.717) is 34.0 Å². The van der Waals surface area contributed by atoms with Crippen molar-refractivity contribution in [1.29, 1.82) is 0 Å². The van der Waals surface area contributed by atoms with Crippen LogP contribution >= 0.6 is 11.8 Å². The molecule has 2 aromatic heterocycles. The highest BCUT2D eigenvalue weighted by molar-refractivity contribution is 7.99. The Morgan fingerprint density at radius 3 is 2.70 bits per heavy atom. The number of hydrogen-bond acceptors (Lipinski definition) is 6. The van der Waals surface area contributed by atoms with Crippen molar-refractivity contribution >= 4 is 17.7 Å². The van der Waals surface area contributed by atoms with Gasteiger partial charge in [-0.1, -0.05) is 32.5 Å². The van der Waals surface area contributed by atoms with E-state index in [9.17, 15) is 4.79 Å². The number of nitrogens with zero attached hydrogens (tertiary/aromatic N) is 4. The molecule has 7 nitrogen and oxygen atoms in total. The molecule has 1 amide bonds. The Hall–Kier alpha value is -2.74. The van der Waals surface area contributed by atoms with Gasteiger partial charge in [-0.05, 0) is 66.5 Å². The van der Waals surface area contributed by atoms with Crippen LogP contribution in [-0.4, -0.2) is 51.0 Å². The summed E-state index contributed by atoms with van der Waals surface area (Å²) in [6, 6.07) is 11.7. The van der Waals surface area contributed by atoms with Crippen LogP contribution in [0.2, 0.25) is 0 Å². The number of rotatable bonds is 6. The summed E-state index contributed by atoms with van der Waals surface area (Å²) in [6.45, 7) is 7.82. The summed E-state index contributed by atoms with van der Waals surface area (Å²) in [5.41, 5.74) is 1.40.